The summed E-state index contributed by atoms with van der Waals surface area (Å²) in [5, 5.41) is 10.3. The quantitative estimate of drug-likeness (QED) is 0.183. The van der Waals surface area contributed by atoms with Crippen molar-refractivity contribution in [1.82, 2.24) is 0 Å². The van der Waals surface area contributed by atoms with Gasteiger partial charge in [-0.25, -0.2) is 0 Å². The number of furan rings is 3. The minimum atomic E-state index is 0.813. The molecule has 3 aromatic heterocycles. The van der Waals surface area contributed by atoms with E-state index in [2.05, 4.69) is 121 Å². The molecule has 11 aromatic rings. The Kier molecular flexibility index (Phi) is 5.38. The predicted molar refractivity (Wildman–Crippen MR) is 202 cm³/mol. The maximum Gasteiger partial charge on any atom is 0.139 e. The number of para-hydroxylation sites is 1. The molecule has 0 aliphatic heterocycles. The molecule has 0 bridgehead atoms. The van der Waals surface area contributed by atoms with Crippen molar-refractivity contribution in [3.05, 3.63) is 158 Å². The van der Waals surface area contributed by atoms with Crippen LogP contribution in [0, 0.1) is 0 Å². The van der Waals surface area contributed by atoms with Crippen LogP contribution in [0.1, 0.15) is 0 Å². The molecule has 0 spiro atoms. The highest BCUT2D eigenvalue weighted by atomic mass is 16.3. The second-order valence-electron chi connectivity index (χ2n) is 12.8. The van der Waals surface area contributed by atoms with Crippen LogP contribution in [-0.4, -0.2) is 0 Å². The van der Waals surface area contributed by atoms with E-state index < -0.39 is 0 Å². The molecular formula is C46H26O3. The maximum atomic E-state index is 6.55. The zero-order valence-electron chi connectivity index (χ0n) is 26.2. The van der Waals surface area contributed by atoms with E-state index in [1.54, 1.807) is 0 Å². The van der Waals surface area contributed by atoms with Crippen LogP contribution in [0.2, 0.25) is 0 Å². The average Bonchev–Trinajstić information content (AvgIpc) is 3.85. The van der Waals surface area contributed by atoms with Crippen LogP contribution in [0.15, 0.2) is 171 Å². The van der Waals surface area contributed by atoms with E-state index in [0.29, 0.717) is 0 Å². The highest BCUT2D eigenvalue weighted by molar-refractivity contribution is 6.26. The summed E-state index contributed by atoms with van der Waals surface area (Å²) in [4.78, 5) is 0. The Morgan fingerprint density at radius 3 is 1.69 bits per heavy atom. The fraction of sp³-hybridized carbons (Fsp3) is 0. The number of hydrogen-bond acceptors (Lipinski definition) is 3. The van der Waals surface area contributed by atoms with Gasteiger partial charge in [-0.05, 0) is 80.2 Å². The van der Waals surface area contributed by atoms with Crippen molar-refractivity contribution in [3.8, 4) is 33.6 Å². The van der Waals surface area contributed by atoms with E-state index in [1.807, 2.05) is 36.4 Å². The van der Waals surface area contributed by atoms with Gasteiger partial charge in [0.2, 0.25) is 0 Å². The molecule has 228 valence electrons. The number of rotatable bonds is 3. The lowest BCUT2D eigenvalue weighted by molar-refractivity contribution is 0.628. The lowest BCUT2D eigenvalue weighted by Crippen LogP contribution is -1.91. The summed E-state index contributed by atoms with van der Waals surface area (Å²) in [6.45, 7) is 0. The summed E-state index contributed by atoms with van der Waals surface area (Å²) in [5.41, 5.74) is 10.0. The van der Waals surface area contributed by atoms with Crippen LogP contribution in [0.25, 0.3) is 110 Å². The molecule has 0 unspecified atom stereocenters. The van der Waals surface area contributed by atoms with Gasteiger partial charge in [0.25, 0.3) is 0 Å². The first-order valence-corrected chi connectivity index (χ1v) is 16.6. The van der Waals surface area contributed by atoms with Crippen molar-refractivity contribution in [3.63, 3.8) is 0 Å². The molecular weight excluding hydrogens is 601 g/mol. The average molecular weight is 627 g/mol. The summed E-state index contributed by atoms with van der Waals surface area (Å²) >= 11 is 0. The second kappa shape index (κ2) is 9.96. The van der Waals surface area contributed by atoms with Crippen LogP contribution in [0.3, 0.4) is 0 Å². The smallest absolute Gasteiger partial charge is 0.139 e. The lowest BCUT2D eigenvalue weighted by atomic mass is 9.85. The van der Waals surface area contributed by atoms with Crippen molar-refractivity contribution in [2.75, 3.05) is 0 Å². The molecule has 0 atom stereocenters. The van der Waals surface area contributed by atoms with Gasteiger partial charge in [0.15, 0.2) is 0 Å². The zero-order chi connectivity index (χ0) is 32.1. The van der Waals surface area contributed by atoms with Gasteiger partial charge in [0, 0.05) is 38.6 Å². The molecule has 3 heterocycles. The summed E-state index contributed by atoms with van der Waals surface area (Å²) in [5.74, 6) is 0.848. The second-order valence-corrected chi connectivity index (χ2v) is 12.8. The van der Waals surface area contributed by atoms with Crippen LogP contribution in [0.4, 0.5) is 0 Å². The molecule has 3 heteroatoms. The fourth-order valence-corrected chi connectivity index (χ4v) is 7.92. The van der Waals surface area contributed by atoms with Crippen LogP contribution in [-0.2, 0) is 0 Å². The minimum absolute atomic E-state index is 0.813. The first kappa shape index (κ1) is 26.5. The summed E-state index contributed by atoms with van der Waals surface area (Å²) in [7, 11) is 0. The molecule has 49 heavy (non-hydrogen) atoms. The Bertz CT molecular complexity index is 3040. The molecule has 0 saturated heterocycles. The molecule has 0 fully saturated rings. The molecule has 3 nitrogen and oxygen atoms in total. The fourth-order valence-electron chi connectivity index (χ4n) is 7.92. The van der Waals surface area contributed by atoms with Gasteiger partial charge < -0.3 is 13.3 Å². The molecule has 11 rings (SSSR count). The molecule has 8 aromatic carbocycles. The largest absolute Gasteiger partial charge is 0.456 e. The molecule has 0 radical (unpaired) electrons. The first-order chi connectivity index (χ1) is 24.3. The highest BCUT2D eigenvalue weighted by Crippen LogP contribution is 2.48. The van der Waals surface area contributed by atoms with Crippen LogP contribution < -0.4 is 0 Å². The predicted octanol–water partition coefficient (Wildman–Crippen LogP) is 13.5. The number of fused-ring (bicyclic) bond motifs is 9. The lowest BCUT2D eigenvalue weighted by Gasteiger charge is -2.18. The normalized spacial score (nSPS) is 12.1. The minimum Gasteiger partial charge on any atom is -0.456 e. The number of hydrogen-bond donors (Lipinski definition) is 0. The van der Waals surface area contributed by atoms with Gasteiger partial charge in [-0.2, -0.15) is 0 Å². The van der Waals surface area contributed by atoms with Crippen molar-refractivity contribution in [1.29, 1.82) is 0 Å². The van der Waals surface area contributed by atoms with E-state index in [4.69, 9.17) is 13.3 Å². The summed E-state index contributed by atoms with van der Waals surface area (Å²) in [6.07, 6.45) is 0. The maximum absolute atomic E-state index is 6.55. The first-order valence-electron chi connectivity index (χ1n) is 16.6. The standard InChI is InChI=1S/C46H26O3/c1-2-11-27(12-3-1)40-25-29-23-37-43(26-41(29)49-40)48-39-20-10-18-36(46(37)39)45-34-16-6-4-14-32(34)44(33-15-5-7-17-35(33)45)28-21-22-31-30-13-8-9-19-38(30)47-42(31)24-28/h1-26H. The third kappa shape index (κ3) is 3.84. The zero-order valence-corrected chi connectivity index (χ0v) is 26.2. The van der Waals surface area contributed by atoms with Crippen molar-refractivity contribution < 1.29 is 13.3 Å². The van der Waals surface area contributed by atoms with Crippen molar-refractivity contribution in [2.45, 2.75) is 0 Å². The van der Waals surface area contributed by atoms with Gasteiger partial charge in [0.05, 0.1) is 0 Å². The topological polar surface area (TPSA) is 39.4 Å². The van der Waals surface area contributed by atoms with Crippen molar-refractivity contribution >= 4 is 76.4 Å². The monoisotopic (exact) mass is 626 g/mol. The van der Waals surface area contributed by atoms with Gasteiger partial charge in [-0.15, -0.1) is 0 Å². The molecule has 0 aliphatic carbocycles. The number of benzene rings is 8. The Balaban J connectivity index is 1.19. The summed E-state index contributed by atoms with van der Waals surface area (Å²) in [6, 6.07) is 55.5. The third-order valence-corrected chi connectivity index (χ3v) is 10.1. The Labute approximate surface area is 280 Å². The highest BCUT2D eigenvalue weighted by Gasteiger charge is 2.21. The summed E-state index contributed by atoms with van der Waals surface area (Å²) < 4.78 is 19.2. The van der Waals surface area contributed by atoms with E-state index in [-0.39, 0.29) is 0 Å². The molecule has 0 aliphatic rings. The van der Waals surface area contributed by atoms with Crippen LogP contribution >= 0.6 is 0 Å². The Hall–Kier alpha value is -6.58. The van der Waals surface area contributed by atoms with Gasteiger partial charge in [-0.1, -0.05) is 115 Å². The van der Waals surface area contributed by atoms with E-state index in [0.717, 1.165) is 77.3 Å². The van der Waals surface area contributed by atoms with E-state index in [1.165, 1.54) is 32.7 Å². The molecule has 0 saturated carbocycles. The molecule has 0 amide bonds. The van der Waals surface area contributed by atoms with Gasteiger partial charge in [-0.3, -0.25) is 0 Å². The SMILES string of the molecule is c1ccc(-c2cc3cc4c(cc3o2)oc2cccc(-c3c5ccccc5c(-c5ccc6c(c5)oc5ccccc56)c5ccccc35)c24)cc1. The van der Waals surface area contributed by atoms with E-state index in [9.17, 15) is 0 Å². The van der Waals surface area contributed by atoms with Crippen molar-refractivity contribution in [2.24, 2.45) is 0 Å². The Morgan fingerprint density at radius 2 is 0.918 bits per heavy atom. The van der Waals surface area contributed by atoms with Crippen LogP contribution in [0.5, 0.6) is 0 Å². The van der Waals surface area contributed by atoms with E-state index >= 15 is 0 Å². The van der Waals surface area contributed by atoms with Gasteiger partial charge in [0.1, 0.15) is 33.7 Å². The molecule has 0 N–H and O–H groups in total. The van der Waals surface area contributed by atoms with Gasteiger partial charge >= 0.3 is 0 Å². The Morgan fingerprint density at radius 1 is 0.306 bits per heavy atom. The third-order valence-electron chi connectivity index (χ3n) is 10.1.